The molecule has 2 aromatic heterocycles. The third-order valence-electron chi connectivity index (χ3n) is 5.37. The summed E-state index contributed by atoms with van der Waals surface area (Å²) >= 11 is 0. The van der Waals surface area contributed by atoms with E-state index in [1.165, 1.54) is 19.3 Å². The first-order valence-corrected chi connectivity index (χ1v) is 9.16. The molecule has 0 N–H and O–H groups in total. The van der Waals surface area contributed by atoms with E-state index in [9.17, 15) is 4.79 Å². The molecule has 132 valence electrons. The summed E-state index contributed by atoms with van der Waals surface area (Å²) in [7, 11) is 0. The van der Waals surface area contributed by atoms with Gasteiger partial charge in [0.05, 0.1) is 17.8 Å². The van der Waals surface area contributed by atoms with E-state index >= 15 is 0 Å². The molecule has 1 aromatic carbocycles. The van der Waals surface area contributed by atoms with Crippen LogP contribution in [-0.2, 0) is 13.0 Å². The third-order valence-corrected chi connectivity index (χ3v) is 5.37. The predicted octanol–water partition coefficient (Wildman–Crippen LogP) is 3.33. The average molecular weight is 348 g/mol. The minimum absolute atomic E-state index is 0.00921. The van der Waals surface area contributed by atoms with E-state index < -0.39 is 0 Å². The van der Waals surface area contributed by atoms with E-state index in [0.29, 0.717) is 24.6 Å². The molecule has 0 atom stereocenters. The number of hydrogen-bond donors (Lipinski definition) is 0. The summed E-state index contributed by atoms with van der Waals surface area (Å²) in [5.41, 5.74) is 2.37. The number of rotatable bonds is 3. The van der Waals surface area contributed by atoms with Gasteiger partial charge >= 0.3 is 0 Å². The first-order valence-electron chi connectivity index (χ1n) is 9.16. The van der Waals surface area contributed by atoms with Crippen LogP contribution < -0.4 is 0 Å². The minimum atomic E-state index is 0.00921. The zero-order valence-corrected chi connectivity index (χ0v) is 14.5. The molecule has 26 heavy (non-hydrogen) atoms. The molecule has 6 heteroatoms. The Morgan fingerprint density at radius 2 is 2.08 bits per heavy atom. The van der Waals surface area contributed by atoms with Gasteiger partial charge in [-0.05, 0) is 31.0 Å². The van der Waals surface area contributed by atoms with Gasteiger partial charge in [0.1, 0.15) is 11.5 Å². The molecule has 0 saturated heterocycles. The lowest BCUT2D eigenvalue weighted by molar-refractivity contribution is 0.0727. The van der Waals surface area contributed by atoms with E-state index in [0.717, 1.165) is 29.5 Å². The van der Waals surface area contributed by atoms with E-state index in [1.54, 1.807) is 10.9 Å². The van der Waals surface area contributed by atoms with Gasteiger partial charge in [-0.3, -0.25) is 4.79 Å². The van der Waals surface area contributed by atoms with Gasteiger partial charge in [0, 0.05) is 31.3 Å². The number of nitrogens with zero attached hydrogens (tertiary/aromatic N) is 4. The lowest BCUT2D eigenvalue weighted by atomic mass is 9.85. The summed E-state index contributed by atoms with van der Waals surface area (Å²) in [6.45, 7) is 1.16. The number of para-hydroxylation sites is 1. The van der Waals surface area contributed by atoms with Gasteiger partial charge < -0.3 is 9.32 Å². The average Bonchev–Trinajstić information content (AvgIpc) is 3.28. The summed E-state index contributed by atoms with van der Waals surface area (Å²) in [6.07, 6.45) is 7.88. The number of carbonyl (C=O) groups excluding carboxylic acids is 1. The fraction of sp³-hybridized carbons (Fsp3) is 0.350. The predicted molar refractivity (Wildman–Crippen MR) is 95.1 cm³/mol. The molecule has 1 amide bonds. The molecule has 2 aliphatic rings. The maximum Gasteiger partial charge on any atom is 0.256 e. The van der Waals surface area contributed by atoms with Gasteiger partial charge in [-0.1, -0.05) is 18.6 Å². The summed E-state index contributed by atoms with van der Waals surface area (Å²) in [5, 5.41) is 4.27. The summed E-state index contributed by atoms with van der Waals surface area (Å²) in [5.74, 6) is 2.31. The minimum Gasteiger partial charge on any atom is -0.445 e. The van der Waals surface area contributed by atoms with Crippen LogP contribution in [0.5, 0.6) is 0 Å². The van der Waals surface area contributed by atoms with Crippen molar-refractivity contribution in [1.29, 1.82) is 0 Å². The highest BCUT2D eigenvalue weighted by Crippen LogP contribution is 2.37. The highest BCUT2D eigenvalue weighted by atomic mass is 16.4. The van der Waals surface area contributed by atoms with E-state index in [2.05, 4.69) is 5.10 Å². The quantitative estimate of drug-likeness (QED) is 0.728. The van der Waals surface area contributed by atoms with Crippen LogP contribution in [0.2, 0.25) is 0 Å². The second kappa shape index (κ2) is 6.12. The second-order valence-electron chi connectivity index (χ2n) is 6.99. The topological polar surface area (TPSA) is 64.2 Å². The number of aromatic nitrogens is 3. The highest BCUT2D eigenvalue weighted by molar-refractivity contribution is 5.97. The molecule has 0 radical (unpaired) electrons. The molecule has 1 aliphatic heterocycles. The highest BCUT2D eigenvalue weighted by Gasteiger charge is 2.31. The molecule has 3 aromatic rings. The van der Waals surface area contributed by atoms with Crippen molar-refractivity contribution in [2.24, 2.45) is 0 Å². The largest absolute Gasteiger partial charge is 0.445 e. The van der Waals surface area contributed by atoms with Crippen molar-refractivity contribution in [3.8, 4) is 5.69 Å². The zero-order chi connectivity index (χ0) is 17.5. The SMILES string of the molecule is O=C(c1ccccc1-n1cccn1)N1CCc2oc(C3CCC3)nc2C1. The Bertz CT molecular complexity index is 941. The maximum atomic E-state index is 13.2. The molecule has 1 aliphatic carbocycles. The zero-order valence-electron chi connectivity index (χ0n) is 14.5. The summed E-state index contributed by atoms with van der Waals surface area (Å²) in [4.78, 5) is 19.7. The number of fused-ring (bicyclic) bond motifs is 1. The van der Waals surface area contributed by atoms with Gasteiger partial charge in [0.25, 0.3) is 5.91 Å². The first-order chi connectivity index (χ1) is 12.8. The Kier molecular flexibility index (Phi) is 3.62. The smallest absolute Gasteiger partial charge is 0.256 e. The van der Waals surface area contributed by atoms with Crippen molar-refractivity contribution >= 4 is 5.91 Å². The molecule has 6 nitrogen and oxygen atoms in total. The fourth-order valence-corrected chi connectivity index (χ4v) is 3.66. The van der Waals surface area contributed by atoms with Gasteiger partial charge in [-0.2, -0.15) is 5.10 Å². The fourth-order valence-electron chi connectivity index (χ4n) is 3.66. The maximum absolute atomic E-state index is 13.2. The van der Waals surface area contributed by atoms with Crippen LogP contribution in [-0.4, -0.2) is 32.1 Å². The Morgan fingerprint density at radius 1 is 1.19 bits per heavy atom. The number of oxazole rings is 1. The molecule has 5 rings (SSSR count). The van der Waals surface area contributed by atoms with Crippen LogP contribution in [0.1, 0.15) is 52.9 Å². The first kappa shape index (κ1) is 15.4. The van der Waals surface area contributed by atoms with Gasteiger partial charge in [0.2, 0.25) is 0 Å². The number of hydrogen-bond acceptors (Lipinski definition) is 4. The van der Waals surface area contributed by atoms with Crippen molar-refractivity contribution in [2.75, 3.05) is 6.54 Å². The van der Waals surface area contributed by atoms with Crippen molar-refractivity contribution in [2.45, 2.75) is 38.1 Å². The molecule has 1 saturated carbocycles. The number of carbonyl (C=O) groups is 1. The Hall–Kier alpha value is -2.89. The van der Waals surface area contributed by atoms with E-state index in [4.69, 9.17) is 9.40 Å². The van der Waals surface area contributed by atoms with Crippen molar-refractivity contribution in [3.05, 3.63) is 65.6 Å². The molecular weight excluding hydrogens is 328 g/mol. The van der Waals surface area contributed by atoms with Crippen molar-refractivity contribution in [3.63, 3.8) is 0 Å². The van der Waals surface area contributed by atoms with Gasteiger partial charge in [-0.25, -0.2) is 9.67 Å². The lowest BCUT2D eigenvalue weighted by Crippen LogP contribution is -2.36. The molecule has 0 spiro atoms. The monoisotopic (exact) mass is 348 g/mol. The summed E-state index contributed by atoms with van der Waals surface area (Å²) in [6, 6.07) is 9.44. The normalized spacial score (nSPS) is 17.0. The number of benzene rings is 1. The lowest BCUT2D eigenvalue weighted by Gasteiger charge is -2.26. The van der Waals surface area contributed by atoms with Gasteiger partial charge in [-0.15, -0.1) is 0 Å². The standard InChI is InChI=1S/C20H20N4O2/c25-20(15-7-1-2-8-17(15)24-11-4-10-21-24)23-12-9-18-16(13-23)22-19(26-18)14-5-3-6-14/h1-2,4,7-8,10-11,14H,3,5-6,9,12-13H2. The van der Waals surface area contributed by atoms with Crippen LogP contribution in [0.15, 0.2) is 47.1 Å². The molecular formula is C20H20N4O2. The molecule has 3 heterocycles. The molecule has 0 bridgehead atoms. The molecule has 0 unspecified atom stereocenters. The van der Waals surface area contributed by atoms with Crippen LogP contribution in [0.25, 0.3) is 5.69 Å². The van der Waals surface area contributed by atoms with Crippen molar-refractivity contribution in [1.82, 2.24) is 19.7 Å². The van der Waals surface area contributed by atoms with Crippen LogP contribution in [0, 0.1) is 0 Å². The summed E-state index contributed by atoms with van der Waals surface area (Å²) < 4.78 is 7.69. The van der Waals surface area contributed by atoms with Crippen LogP contribution in [0.4, 0.5) is 0 Å². The Morgan fingerprint density at radius 3 is 2.85 bits per heavy atom. The van der Waals surface area contributed by atoms with Crippen LogP contribution >= 0.6 is 0 Å². The van der Waals surface area contributed by atoms with Crippen molar-refractivity contribution < 1.29 is 9.21 Å². The molecule has 1 fully saturated rings. The Labute approximate surface area is 151 Å². The van der Waals surface area contributed by atoms with E-state index in [1.807, 2.05) is 41.4 Å². The van der Waals surface area contributed by atoms with E-state index in [-0.39, 0.29) is 5.91 Å². The second-order valence-corrected chi connectivity index (χ2v) is 6.99. The van der Waals surface area contributed by atoms with Gasteiger partial charge in [0.15, 0.2) is 5.89 Å². The van der Waals surface area contributed by atoms with Crippen LogP contribution in [0.3, 0.4) is 0 Å². The number of amides is 1. The Balaban J connectivity index is 1.41. The third kappa shape index (κ3) is 2.53.